The van der Waals surface area contributed by atoms with Gasteiger partial charge in [-0.05, 0) is 25.8 Å². The van der Waals surface area contributed by atoms with E-state index in [9.17, 15) is 28.3 Å². The second kappa shape index (κ2) is 9.34. The van der Waals surface area contributed by atoms with Crippen molar-refractivity contribution in [3.63, 3.8) is 0 Å². The largest absolute Gasteiger partial charge is 0.503 e. The summed E-state index contributed by atoms with van der Waals surface area (Å²) in [4.78, 5) is 40.4. The van der Waals surface area contributed by atoms with Crippen LogP contribution in [0.5, 0.6) is 5.75 Å². The first kappa shape index (κ1) is 24.2. The van der Waals surface area contributed by atoms with Gasteiger partial charge in [-0.2, -0.15) is 0 Å². The number of halogens is 3. The van der Waals surface area contributed by atoms with Crippen LogP contribution in [0.25, 0.3) is 0 Å². The molecule has 0 spiro atoms. The lowest BCUT2D eigenvalue weighted by Crippen LogP contribution is -2.59. The summed E-state index contributed by atoms with van der Waals surface area (Å²) in [5.74, 6) is -4.23. The summed E-state index contributed by atoms with van der Waals surface area (Å²) in [7, 11) is 0. The van der Waals surface area contributed by atoms with Gasteiger partial charge in [0.15, 0.2) is 17.7 Å². The lowest BCUT2D eigenvalue weighted by atomic mass is 9.98. The molecule has 182 valence electrons. The molecule has 1 aromatic heterocycles. The monoisotopic (exact) mass is 495 g/mol. The quantitative estimate of drug-likeness (QED) is 0.620. The molecule has 0 bridgehead atoms. The van der Waals surface area contributed by atoms with Crippen LogP contribution in [-0.4, -0.2) is 45.3 Å². The number of nitrogens with zero attached hydrogens (tertiary/aromatic N) is 2. The number of hydrogen-bond acceptors (Lipinski definition) is 5. The van der Waals surface area contributed by atoms with Crippen LogP contribution < -0.4 is 10.7 Å². The Morgan fingerprint density at radius 1 is 1.32 bits per heavy atom. The molecule has 3 heterocycles. The highest BCUT2D eigenvalue weighted by molar-refractivity contribution is 6.30. The number of rotatable bonds is 5. The van der Waals surface area contributed by atoms with Crippen molar-refractivity contribution in [3.8, 4) is 5.75 Å². The Hall–Kier alpha value is -2.98. The summed E-state index contributed by atoms with van der Waals surface area (Å²) in [5.41, 5.74) is -1.71. The van der Waals surface area contributed by atoms with E-state index in [1.807, 2.05) is 13.8 Å². The molecule has 0 aliphatic carbocycles. The van der Waals surface area contributed by atoms with Crippen LogP contribution in [0.15, 0.2) is 23.1 Å². The van der Waals surface area contributed by atoms with Crippen molar-refractivity contribution in [1.82, 2.24) is 14.8 Å². The minimum absolute atomic E-state index is 0.0821. The molecule has 0 saturated carbocycles. The molecule has 4 rings (SSSR count). The van der Waals surface area contributed by atoms with Crippen molar-refractivity contribution in [1.29, 1.82) is 0 Å². The van der Waals surface area contributed by atoms with Crippen LogP contribution >= 0.6 is 11.6 Å². The molecule has 34 heavy (non-hydrogen) atoms. The van der Waals surface area contributed by atoms with E-state index in [4.69, 9.17) is 16.3 Å². The summed E-state index contributed by atoms with van der Waals surface area (Å²) in [5, 5.41) is 12.4. The molecule has 2 aliphatic heterocycles. The summed E-state index contributed by atoms with van der Waals surface area (Å²) >= 11 is 5.57. The summed E-state index contributed by atoms with van der Waals surface area (Å²) in [6.45, 7) is 3.91. The van der Waals surface area contributed by atoms with Crippen molar-refractivity contribution in [2.24, 2.45) is 0 Å². The molecule has 0 radical (unpaired) electrons. The first-order valence-electron chi connectivity index (χ1n) is 11.0. The highest BCUT2D eigenvalue weighted by Crippen LogP contribution is 2.37. The van der Waals surface area contributed by atoms with Gasteiger partial charge in [0.2, 0.25) is 5.43 Å². The lowest BCUT2D eigenvalue weighted by molar-refractivity contribution is -0.131. The normalized spacial score (nSPS) is 21.7. The minimum atomic E-state index is -1.02. The Morgan fingerprint density at radius 3 is 2.76 bits per heavy atom. The number of amides is 2. The third-order valence-corrected chi connectivity index (χ3v) is 6.64. The average molecular weight is 496 g/mol. The smallest absolute Gasteiger partial charge is 0.276 e. The molecule has 2 aromatic rings. The van der Waals surface area contributed by atoms with Gasteiger partial charge in [-0.25, -0.2) is 8.78 Å². The number of aromatic nitrogens is 1. The van der Waals surface area contributed by atoms with Gasteiger partial charge in [0, 0.05) is 24.3 Å². The Kier molecular flexibility index (Phi) is 6.64. The molecule has 2 amide bonds. The molecule has 1 fully saturated rings. The zero-order chi connectivity index (χ0) is 24.7. The fourth-order valence-electron chi connectivity index (χ4n) is 4.51. The van der Waals surface area contributed by atoms with Crippen molar-refractivity contribution in [2.75, 3.05) is 6.61 Å². The first-order valence-corrected chi connectivity index (χ1v) is 11.4. The third kappa shape index (κ3) is 3.94. The van der Waals surface area contributed by atoms with E-state index in [1.165, 1.54) is 10.8 Å². The number of pyridine rings is 1. The lowest BCUT2D eigenvalue weighted by Gasteiger charge is -2.48. The van der Waals surface area contributed by atoms with E-state index in [0.717, 1.165) is 18.6 Å². The number of nitrogens with one attached hydrogen (secondary N) is 1. The SMILES string of the molecule is CCC[C@H]1[C@@H]2OCC[C@@H](C)N2C(=O)c2c(O)c(=O)c(C(=O)NCc3ccc(F)c(Cl)c3F)cn21. The van der Waals surface area contributed by atoms with E-state index in [0.29, 0.717) is 19.4 Å². The molecule has 0 unspecified atom stereocenters. The van der Waals surface area contributed by atoms with Gasteiger partial charge < -0.3 is 24.6 Å². The zero-order valence-electron chi connectivity index (χ0n) is 18.6. The fourth-order valence-corrected chi connectivity index (χ4v) is 4.69. The molecule has 1 aromatic carbocycles. The van der Waals surface area contributed by atoms with Crippen molar-refractivity contribution < 1.29 is 28.2 Å². The molecule has 2 aliphatic rings. The molecule has 2 N–H and O–H groups in total. The van der Waals surface area contributed by atoms with E-state index in [-0.39, 0.29) is 23.8 Å². The van der Waals surface area contributed by atoms with Crippen LogP contribution in [0, 0.1) is 11.6 Å². The number of ether oxygens (including phenoxy) is 1. The summed E-state index contributed by atoms with van der Waals surface area (Å²) in [6, 6.07) is 1.52. The van der Waals surface area contributed by atoms with Crippen LogP contribution in [0.2, 0.25) is 5.02 Å². The number of benzene rings is 1. The van der Waals surface area contributed by atoms with E-state index in [1.54, 1.807) is 4.90 Å². The van der Waals surface area contributed by atoms with Gasteiger partial charge in [-0.1, -0.05) is 31.0 Å². The van der Waals surface area contributed by atoms with Gasteiger partial charge in [0.25, 0.3) is 11.8 Å². The molecule has 1 saturated heterocycles. The third-order valence-electron chi connectivity index (χ3n) is 6.29. The van der Waals surface area contributed by atoms with E-state index in [2.05, 4.69) is 5.32 Å². The molecule has 11 heteroatoms. The Labute approximate surface area is 199 Å². The summed E-state index contributed by atoms with van der Waals surface area (Å²) < 4.78 is 34.9. The summed E-state index contributed by atoms with van der Waals surface area (Å²) in [6.07, 6.45) is 2.54. The van der Waals surface area contributed by atoms with Crippen molar-refractivity contribution in [3.05, 3.63) is 62.0 Å². The Bertz CT molecular complexity index is 1220. The molecular weight excluding hydrogens is 472 g/mol. The minimum Gasteiger partial charge on any atom is -0.503 e. The average Bonchev–Trinajstić information content (AvgIpc) is 2.81. The number of hydrogen-bond donors (Lipinski definition) is 2. The second-order valence-corrected chi connectivity index (χ2v) is 8.84. The maximum absolute atomic E-state index is 14.2. The van der Waals surface area contributed by atoms with Gasteiger partial charge in [0.1, 0.15) is 22.2 Å². The Morgan fingerprint density at radius 2 is 2.06 bits per heavy atom. The van der Waals surface area contributed by atoms with E-state index >= 15 is 0 Å². The van der Waals surface area contributed by atoms with Crippen molar-refractivity contribution >= 4 is 23.4 Å². The number of fused-ring (bicyclic) bond motifs is 2. The predicted octanol–water partition coefficient (Wildman–Crippen LogP) is 3.35. The topological polar surface area (TPSA) is 101 Å². The van der Waals surface area contributed by atoms with Crippen LogP contribution in [0.4, 0.5) is 8.78 Å². The highest BCUT2D eigenvalue weighted by Gasteiger charge is 2.46. The standard InChI is InChI=1S/C23H24ClF2N3O5/c1-3-4-15-23-29(11(2)7-8-34-23)22(33)18-20(31)19(30)13(10-28(15)18)21(32)27-9-12-5-6-14(25)16(24)17(12)26/h5-6,10-11,15,23,31H,3-4,7-9H2,1-2H3,(H,27,32)/t11-,15+,23+/m1/s1. The second-order valence-electron chi connectivity index (χ2n) is 8.46. The first-order chi connectivity index (χ1) is 16.2. The fraction of sp³-hybridized carbons (Fsp3) is 0.435. The number of aromatic hydroxyl groups is 1. The molecule has 8 nitrogen and oxygen atoms in total. The number of carbonyl (C=O) groups is 2. The van der Waals surface area contributed by atoms with Crippen molar-refractivity contribution in [2.45, 2.75) is 58.0 Å². The van der Waals surface area contributed by atoms with Gasteiger partial charge >= 0.3 is 0 Å². The predicted molar refractivity (Wildman–Crippen MR) is 119 cm³/mol. The van der Waals surface area contributed by atoms with E-state index < -0.39 is 57.5 Å². The maximum atomic E-state index is 14.2. The molecule has 3 atom stereocenters. The van der Waals surface area contributed by atoms with Crippen LogP contribution in [-0.2, 0) is 11.3 Å². The van der Waals surface area contributed by atoms with Crippen LogP contribution in [0.1, 0.15) is 65.6 Å². The van der Waals surface area contributed by atoms with Crippen LogP contribution in [0.3, 0.4) is 0 Å². The number of carbonyl (C=O) groups excluding carboxylic acids is 2. The van der Waals surface area contributed by atoms with Gasteiger partial charge in [-0.3, -0.25) is 14.4 Å². The van der Waals surface area contributed by atoms with Gasteiger partial charge in [-0.15, -0.1) is 0 Å². The Balaban J connectivity index is 1.71. The highest BCUT2D eigenvalue weighted by atomic mass is 35.5. The van der Waals surface area contributed by atoms with Gasteiger partial charge in [0.05, 0.1) is 12.6 Å². The maximum Gasteiger partial charge on any atom is 0.276 e. The zero-order valence-corrected chi connectivity index (χ0v) is 19.4. The molecular formula is C23H24ClF2N3O5.